The normalized spacial score (nSPS) is 14.4. The number of nitrogens with zero attached hydrogens (tertiary/aromatic N) is 1. The highest BCUT2D eigenvalue weighted by molar-refractivity contribution is 5.89. The second kappa shape index (κ2) is 10.4. The first-order valence-electron chi connectivity index (χ1n) is 9.30. The van der Waals surface area contributed by atoms with Crippen LogP contribution in [0, 0.1) is 0 Å². The molecule has 0 spiro atoms. The minimum atomic E-state index is -0.284. The third-order valence-corrected chi connectivity index (χ3v) is 4.25. The van der Waals surface area contributed by atoms with Crippen molar-refractivity contribution in [2.75, 3.05) is 36.9 Å². The standard InChI is InChI=1S/C19H28N4O4/c1-3-27-19(26)23-11-8-15(9-12-23)22-18(25)7-10-20-16-5-4-6-17(13-16)21-14(2)24/h4-6,13,15,20H,3,7-12H2,1-2H3,(H,21,24)(H,22,25). The summed E-state index contributed by atoms with van der Waals surface area (Å²) in [7, 11) is 0. The molecule has 148 valence electrons. The number of rotatable bonds is 7. The second-order valence-corrected chi connectivity index (χ2v) is 6.47. The molecule has 0 aromatic heterocycles. The van der Waals surface area contributed by atoms with Gasteiger partial charge in [0.1, 0.15) is 0 Å². The first kappa shape index (κ1) is 20.5. The summed E-state index contributed by atoms with van der Waals surface area (Å²) in [5.41, 5.74) is 1.56. The fraction of sp³-hybridized carbons (Fsp3) is 0.526. The number of benzene rings is 1. The van der Waals surface area contributed by atoms with Gasteiger partial charge in [-0.3, -0.25) is 9.59 Å². The summed E-state index contributed by atoms with van der Waals surface area (Å²) in [4.78, 5) is 36.6. The van der Waals surface area contributed by atoms with Crippen molar-refractivity contribution in [2.24, 2.45) is 0 Å². The molecule has 1 aliphatic rings. The summed E-state index contributed by atoms with van der Waals surface area (Å²) < 4.78 is 4.99. The Hall–Kier alpha value is -2.77. The van der Waals surface area contributed by atoms with Crippen molar-refractivity contribution in [3.05, 3.63) is 24.3 Å². The lowest BCUT2D eigenvalue weighted by molar-refractivity contribution is -0.121. The smallest absolute Gasteiger partial charge is 0.409 e. The molecule has 3 N–H and O–H groups in total. The summed E-state index contributed by atoms with van der Waals surface area (Å²) in [6.45, 7) is 5.31. The minimum Gasteiger partial charge on any atom is -0.450 e. The van der Waals surface area contributed by atoms with E-state index in [2.05, 4.69) is 16.0 Å². The van der Waals surface area contributed by atoms with E-state index in [1.807, 2.05) is 24.3 Å². The number of anilines is 2. The van der Waals surface area contributed by atoms with E-state index in [1.54, 1.807) is 11.8 Å². The second-order valence-electron chi connectivity index (χ2n) is 6.47. The Morgan fingerprint density at radius 2 is 1.89 bits per heavy atom. The molecule has 3 amide bonds. The molecule has 27 heavy (non-hydrogen) atoms. The van der Waals surface area contributed by atoms with Gasteiger partial charge >= 0.3 is 6.09 Å². The van der Waals surface area contributed by atoms with Gasteiger partial charge in [0.15, 0.2) is 0 Å². The maximum absolute atomic E-state index is 12.1. The van der Waals surface area contributed by atoms with Crippen LogP contribution >= 0.6 is 0 Å². The van der Waals surface area contributed by atoms with E-state index >= 15 is 0 Å². The van der Waals surface area contributed by atoms with Crippen LogP contribution in [0.4, 0.5) is 16.2 Å². The third-order valence-electron chi connectivity index (χ3n) is 4.25. The fourth-order valence-electron chi connectivity index (χ4n) is 2.95. The summed E-state index contributed by atoms with van der Waals surface area (Å²) in [6.07, 6.45) is 1.53. The number of piperidine rings is 1. The molecule has 1 fully saturated rings. The van der Waals surface area contributed by atoms with E-state index in [9.17, 15) is 14.4 Å². The van der Waals surface area contributed by atoms with Crippen molar-refractivity contribution >= 4 is 29.3 Å². The maximum Gasteiger partial charge on any atom is 0.409 e. The van der Waals surface area contributed by atoms with Crippen LogP contribution < -0.4 is 16.0 Å². The topological polar surface area (TPSA) is 99.8 Å². The predicted octanol–water partition coefficient (Wildman–Crippen LogP) is 2.18. The zero-order valence-corrected chi connectivity index (χ0v) is 15.9. The first-order valence-corrected chi connectivity index (χ1v) is 9.30. The number of likely N-dealkylation sites (tertiary alicyclic amines) is 1. The van der Waals surface area contributed by atoms with Crippen LogP contribution in [0.1, 0.15) is 33.1 Å². The zero-order chi connectivity index (χ0) is 19.6. The fourth-order valence-corrected chi connectivity index (χ4v) is 2.95. The van der Waals surface area contributed by atoms with Gasteiger partial charge in [-0.1, -0.05) is 6.07 Å². The van der Waals surface area contributed by atoms with Crippen molar-refractivity contribution in [2.45, 2.75) is 39.2 Å². The Kier molecular flexibility index (Phi) is 7.91. The van der Waals surface area contributed by atoms with E-state index in [0.717, 1.165) is 18.5 Å². The SMILES string of the molecule is CCOC(=O)N1CCC(NC(=O)CCNc2cccc(NC(C)=O)c2)CC1. The molecular formula is C19H28N4O4. The number of ether oxygens (including phenoxy) is 1. The Morgan fingerprint density at radius 1 is 1.19 bits per heavy atom. The number of hydrogen-bond acceptors (Lipinski definition) is 5. The monoisotopic (exact) mass is 376 g/mol. The highest BCUT2D eigenvalue weighted by Gasteiger charge is 2.24. The van der Waals surface area contributed by atoms with E-state index in [1.165, 1.54) is 6.92 Å². The Bertz CT molecular complexity index is 657. The van der Waals surface area contributed by atoms with Crippen LogP contribution in [0.25, 0.3) is 0 Å². The first-order chi connectivity index (χ1) is 13.0. The van der Waals surface area contributed by atoms with Gasteiger partial charge in [-0.05, 0) is 38.0 Å². The highest BCUT2D eigenvalue weighted by Crippen LogP contribution is 2.15. The minimum absolute atomic E-state index is 0.0184. The molecule has 0 bridgehead atoms. The molecule has 2 rings (SSSR count). The van der Waals surface area contributed by atoms with Gasteiger partial charge in [0.2, 0.25) is 11.8 Å². The Morgan fingerprint density at radius 3 is 2.56 bits per heavy atom. The van der Waals surface area contributed by atoms with E-state index in [4.69, 9.17) is 4.74 Å². The highest BCUT2D eigenvalue weighted by atomic mass is 16.6. The van der Waals surface area contributed by atoms with Gasteiger partial charge in [0, 0.05) is 50.4 Å². The molecule has 0 unspecified atom stereocenters. The van der Waals surface area contributed by atoms with Gasteiger partial charge in [-0.25, -0.2) is 4.79 Å². The maximum atomic E-state index is 12.1. The summed E-state index contributed by atoms with van der Waals surface area (Å²) >= 11 is 0. The number of carbonyl (C=O) groups excluding carboxylic acids is 3. The molecule has 0 aliphatic carbocycles. The van der Waals surface area contributed by atoms with Crippen LogP contribution in [-0.4, -0.2) is 55.1 Å². The van der Waals surface area contributed by atoms with E-state index in [-0.39, 0.29) is 23.9 Å². The lowest BCUT2D eigenvalue weighted by Crippen LogP contribution is -2.46. The van der Waals surface area contributed by atoms with Crippen LogP contribution in [0.5, 0.6) is 0 Å². The molecule has 0 saturated carbocycles. The summed E-state index contributed by atoms with van der Waals surface area (Å²) in [5.74, 6) is -0.143. The van der Waals surface area contributed by atoms with Gasteiger partial charge in [0.05, 0.1) is 6.61 Å². The number of nitrogens with one attached hydrogen (secondary N) is 3. The van der Waals surface area contributed by atoms with Crippen LogP contribution in [0.2, 0.25) is 0 Å². The van der Waals surface area contributed by atoms with Gasteiger partial charge in [-0.15, -0.1) is 0 Å². The van der Waals surface area contributed by atoms with Gasteiger partial charge in [-0.2, -0.15) is 0 Å². The number of hydrogen-bond donors (Lipinski definition) is 3. The molecule has 0 atom stereocenters. The van der Waals surface area contributed by atoms with Crippen molar-refractivity contribution in [1.82, 2.24) is 10.2 Å². The molecule has 1 aromatic carbocycles. The third kappa shape index (κ3) is 7.16. The van der Waals surface area contributed by atoms with Crippen molar-refractivity contribution in [3.8, 4) is 0 Å². The molecule has 8 nitrogen and oxygen atoms in total. The van der Waals surface area contributed by atoms with Crippen molar-refractivity contribution in [1.29, 1.82) is 0 Å². The quantitative estimate of drug-likeness (QED) is 0.677. The molecule has 8 heteroatoms. The number of carbonyl (C=O) groups is 3. The van der Waals surface area contributed by atoms with E-state index < -0.39 is 0 Å². The summed E-state index contributed by atoms with van der Waals surface area (Å²) in [5, 5.41) is 8.92. The lowest BCUT2D eigenvalue weighted by atomic mass is 10.1. The molecular weight excluding hydrogens is 348 g/mol. The molecule has 0 radical (unpaired) electrons. The number of amides is 3. The van der Waals surface area contributed by atoms with Crippen molar-refractivity contribution < 1.29 is 19.1 Å². The summed E-state index contributed by atoms with van der Waals surface area (Å²) in [6, 6.07) is 7.44. The molecule has 1 aromatic rings. The van der Waals surface area contributed by atoms with E-state index in [0.29, 0.717) is 38.3 Å². The molecule has 1 aliphatic heterocycles. The Balaban J connectivity index is 1.67. The van der Waals surface area contributed by atoms with Crippen LogP contribution in [0.3, 0.4) is 0 Å². The average Bonchev–Trinajstić information content (AvgIpc) is 2.62. The largest absolute Gasteiger partial charge is 0.450 e. The zero-order valence-electron chi connectivity index (χ0n) is 15.9. The van der Waals surface area contributed by atoms with Gasteiger partial charge < -0.3 is 25.6 Å². The van der Waals surface area contributed by atoms with Crippen LogP contribution in [0.15, 0.2) is 24.3 Å². The lowest BCUT2D eigenvalue weighted by Gasteiger charge is -2.31. The van der Waals surface area contributed by atoms with Crippen molar-refractivity contribution in [3.63, 3.8) is 0 Å². The van der Waals surface area contributed by atoms with Crippen LogP contribution in [-0.2, 0) is 14.3 Å². The van der Waals surface area contributed by atoms with Gasteiger partial charge in [0.25, 0.3) is 0 Å². The predicted molar refractivity (Wildman–Crippen MR) is 104 cm³/mol. The average molecular weight is 376 g/mol. The Labute approximate surface area is 159 Å². The molecule has 1 saturated heterocycles. The molecule has 1 heterocycles.